The summed E-state index contributed by atoms with van der Waals surface area (Å²) < 4.78 is 16.0. The summed E-state index contributed by atoms with van der Waals surface area (Å²) in [5, 5.41) is 0. The average Bonchev–Trinajstić information content (AvgIpc) is 2.70. The number of nitrogens with two attached hydrogens (primary N) is 1. The molecule has 1 aromatic carbocycles. The zero-order valence-corrected chi connectivity index (χ0v) is 9.87. The molecular formula is C12H17NO3. The van der Waals surface area contributed by atoms with Crippen molar-refractivity contribution in [2.75, 3.05) is 21.3 Å². The lowest BCUT2D eigenvalue weighted by molar-refractivity contribution is 0.344. The maximum absolute atomic E-state index is 6.08. The van der Waals surface area contributed by atoms with E-state index >= 15 is 0 Å². The van der Waals surface area contributed by atoms with Crippen LogP contribution in [0.1, 0.15) is 23.6 Å². The third-order valence-electron chi connectivity index (χ3n) is 3.07. The quantitative estimate of drug-likeness (QED) is 0.846. The second kappa shape index (κ2) is 4.22. The summed E-state index contributed by atoms with van der Waals surface area (Å²) in [6.07, 6.45) is 1.86. The molecule has 1 aliphatic carbocycles. The highest BCUT2D eigenvalue weighted by atomic mass is 16.5. The number of hydrogen-bond acceptors (Lipinski definition) is 4. The van der Waals surface area contributed by atoms with Gasteiger partial charge in [0.2, 0.25) is 0 Å². The van der Waals surface area contributed by atoms with Crippen molar-refractivity contribution in [3.8, 4) is 17.2 Å². The number of methoxy groups -OCH3 is 3. The minimum absolute atomic E-state index is 0.00829. The van der Waals surface area contributed by atoms with Crippen LogP contribution in [0.25, 0.3) is 0 Å². The summed E-state index contributed by atoms with van der Waals surface area (Å²) in [7, 11) is 4.91. The van der Waals surface area contributed by atoms with Gasteiger partial charge in [-0.15, -0.1) is 0 Å². The van der Waals surface area contributed by atoms with Crippen molar-refractivity contribution < 1.29 is 14.2 Å². The van der Waals surface area contributed by atoms with E-state index in [4.69, 9.17) is 19.9 Å². The number of benzene rings is 1. The van der Waals surface area contributed by atoms with Gasteiger partial charge in [0, 0.05) is 23.2 Å². The Morgan fingerprint density at radius 1 is 1.12 bits per heavy atom. The lowest BCUT2D eigenvalue weighted by Gasteiger charge is -2.17. The zero-order valence-electron chi connectivity index (χ0n) is 9.87. The molecule has 16 heavy (non-hydrogen) atoms. The Balaban J connectivity index is 2.65. The maximum atomic E-state index is 6.08. The average molecular weight is 223 g/mol. The van der Waals surface area contributed by atoms with Crippen molar-refractivity contribution in [2.45, 2.75) is 18.9 Å². The van der Waals surface area contributed by atoms with Gasteiger partial charge in [-0.25, -0.2) is 0 Å². The molecule has 1 aromatic rings. The molecule has 4 nitrogen and oxygen atoms in total. The van der Waals surface area contributed by atoms with E-state index in [-0.39, 0.29) is 6.04 Å². The first-order valence-electron chi connectivity index (χ1n) is 5.30. The fourth-order valence-corrected chi connectivity index (χ4v) is 2.31. The predicted octanol–water partition coefficient (Wildman–Crippen LogP) is 1.66. The fraction of sp³-hybridized carbons (Fsp3) is 0.500. The van der Waals surface area contributed by atoms with Gasteiger partial charge in [-0.05, 0) is 12.8 Å². The maximum Gasteiger partial charge on any atom is 0.166 e. The Morgan fingerprint density at radius 2 is 1.81 bits per heavy atom. The zero-order chi connectivity index (χ0) is 11.7. The van der Waals surface area contributed by atoms with Crippen molar-refractivity contribution >= 4 is 0 Å². The van der Waals surface area contributed by atoms with Crippen LogP contribution in [-0.2, 0) is 6.42 Å². The molecule has 2 rings (SSSR count). The largest absolute Gasteiger partial charge is 0.496 e. The Morgan fingerprint density at radius 3 is 2.38 bits per heavy atom. The molecule has 0 bridgehead atoms. The summed E-state index contributed by atoms with van der Waals surface area (Å²) in [6, 6.07) is 1.87. The molecule has 0 aromatic heterocycles. The number of ether oxygens (including phenoxy) is 3. The van der Waals surface area contributed by atoms with E-state index in [0.29, 0.717) is 5.75 Å². The van der Waals surface area contributed by atoms with Crippen molar-refractivity contribution in [3.63, 3.8) is 0 Å². The van der Waals surface area contributed by atoms with Gasteiger partial charge in [0.05, 0.1) is 21.3 Å². The second-order valence-electron chi connectivity index (χ2n) is 3.85. The molecule has 1 unspecified atom stereocenters. The fourth-order valence-electron chi connectivity index (χ4n) is 2.31. The van der Waals surface area contributed by atoms with Crippen molar-refractivity contribution in [2.24, 2.45) is 5.73 Å². The highest BCUT2D eigenvalue weighted by Crippen LogP contribution is 2.46. The molecule has 0 spiro atoms. The van der Waals surface area contributed by atoms with E-state index in [1.807, 2.05) is 6.07 Å². The van der Waals surface area contributed by atoms with E-state index < -0.39 is 0 Å². The minimum Gasteiger partial charge on any atom is -0.496 e. The number of fused-ring (bicyclic) bond motifs is 1. The molecule has 2 N–H and O–H groups in total. The van der Waals surface area contributed by atoms with Crippen LogP contribution in [0.2, 0.25) is 0 Å². The lowest BCUT2D eigenvalue weighted by Crippen LogP contribution is -2.08. The van der Waals surface area contributed by atoms with Crippen molar-refractivity contribution in [1.82, 2.24) is 0 Å². The van der Waals surface area contributed by atoms with Crippen LogP contribution in [0, 0.1) is 0 Å². The number of hydrogen-bond donors (Lipinski definition) is 1. The first-order valence-corrected chi connectivity index (χ1v) is 5.30. The molecule has 0 fully saturated rings. The standard InChI is InChI=1S/C12H17NO3/c1-14-9-6-10(15-2)12(16-3)11-7(9)4-5-8(11)13/h6,8H,4-5,13H2,1-3H3. The summed E-state index contributed by atoms with van der Waals surface area (Å²) in [4.78, 5) is 0. The molecule has 4 heteroatoms. The van der Waals surface area contributed by atoms with Crippen LogP contribution in [0.15, 0.2) is 6.07 Å². The molecule has 0 aliphatic heterocycles. The smallest absolute Gasteiger partial charge is 0.166 e. The molecule has 0 heterocycles. The van der Waals surface area contributed by atoms with Crippen LogP contribution >= 0.6 is 0 Å². The van der Waals surface area contributed by atoms with Crippen LogP contribution in [-0.4, -0.2) is 21.3 Å². The highest BCUT2D eigenvalue weighted by molar-refractivity contribution is 5.60. The van der Waals surface area contributed by atoms with Crippen LogP contribution in [0.4, 0.5) is 0 Å². The van der Waals surface area contributed by atoms with Crippen molar-refractivity contribution in [3.05, 3.63) is 17.2 Å². The number of rotatable bonds is 3. The van der Waals surface area contributed by atoms with E-state index in [9.17, 15) is 0 Å². The molecule has 1 atom stereocenters. The minimum atomic E-state index is 0.00829. The van der Waals surface area contributed by atoms with Gasteiger partial charge in [0.15, 0.2) is 11.5 Å². The third-order valence-corrected chi connectivity index (χ3v) is 3.07. The molecule has 88 valence electrons. The highest BCUT2D eigenvalue weighted by Gasteiger charge is 2.29. The first-order chi connectivity index (χ1) is 7.72. The van der Waals surface area contributed by atoms with E-state index in [0.717, 1.165) is 35.5 Å². The van der Waals surface area contributed by atoms with Gasteiger partial charge in [0.1, 0.15) is 5.75 Å². The normalized spacial score (nSPS) is 18.1. The Hall–Kier alpha value is -1.42. The summed E-state index contributed by atoms with van der Waals surface area (Å²) in [5.41, 5.74) is 8.25. The van der Waals surface area contributed by atoms with Crippen molar-refractivity contribution in [1.29, 1.82) is 0 Å². The Labute approximate surface area is 95.3 Å². The molecule has 0 saturated heterocycles. The molecule has 0 saturated carbocycles. The SMILES string of the molecule is COc1cc(OC)c(OC)c2c1CCC2N. The van der Waals surface area contributed by atoms with E-state index in [1.54, 1.807) is 21.3 Å². The van der Waals surface area contributed by atoms with Gasteiger partial charge in [-0.2, -0.15) is 0 Å². The van der Waals surface area contributed by atoms with Crippen LogP contribution < -0.4 is 19.9 Å². The second-order valence-corrected chi connectivity index (χ2v) is 3.85. The van der Waals surface area contributed by atoms with Gasteiger partial charge < -0.3 is 19.9 Å². The summed E-state index contributed by atoms with van der Waals surface area (Å²) >= 11 is 0. The van der Waals surface area contributed by atoms with Gasteiger partial charge in [0.25, 0.3) is 0 Å². The third kappa shape index (κ3) is 1.50. The molecule has 0 radical (unpaired) electrons. The topological polar surface area (TPSA) is 53.7 Å². The van der Waals surface area contributed by atoms with Crippen LogP contribution in [0.3, 0.4) is 0 Å². The molecule has 0 amide bonds. The van der Waals surface area contributed by atoms with Gasteiger partial charge in [-0.3, -0.25) is 0 Å². The van der Waals surface area contributed by atoms with Crippen LogP contribution in [0.5, 0.6) is 17.2 Å². The van der Waals surface area contributed by atoms with Gasteiger partial charge >= 0.3 is 0 Å². The molecule has 1 aliphatic rings. The molecular weight excluding hydrogens is 206 g/mol. The van der Waals surface area contributed by atoms with Gasteiger partial charge in [-0.1, -0.05) is 0 Å². The monoisotopic (exact) mass is 223 g/mol. The lowest BCUT2D eigenvalue weighted by atomic mass is 10.1. The predicted molar refractivity (Wildman–Crippen MR) is 61.3 cm³/mol. The Kier molecular flexibility index (Phi) is 2.92. The summed E-state index contributed by atoms with van der Waals surface area (Å²) in [6.45, 7) is 0. The first kappa shape index (κ1) is 11.1. The summed E-state index contributed by atoms with van der Waals surface area (Å²) in [5.74, 6) is 2.25. The van der Waals surface area contributed by atoms with E-state index in [2.05, 4.69) is 0 Å². The Bertz CT molecular complexity index is 404. The van der Waals surface area contributed by atoms with E-state index in [1.165, 1.54) is 0 Å².